The highest BCUT2D eigenvalue weighted by Gasteiger charge is 2.41. The van der Waals surface area contributed by atoms with Gasteiger partial charge in [0.2, 0.25) is 5.91 Å². The van der Waals surface area contributed by atoms with Crippen molar-refractivity contribution in [3.8, 4) is 6.07 Å². The van der Waals surface area contributed by atoms with Crippen LogP contribution in [0.25, 0.3) is 0 Å². The Bertz CT molecular complexity index is 998. The van der Waals surface area contributed by atoms with Gasteiger partial charge >= 0.3 is 0 Å². The molecule has 1 aliphatic heterocycles. The molecule has 2 aromatic carbocycles. The molecule has 2 unspecified atom stereocenters. The number of benzene rings is 2. The highest BCUT2D eigenvalue weighted by Crippen LogP contribution is 2.28. The molecule has 0 spiro atoms. The summed E-state index contributed by atoms with van der Waals surface area (Å²) in [7, 11) is 0. The van der Waals surface area contributed by atoms with Gasteiger partial charge in [-0.15, -0.1) is 0 Å². The van der Waals surface area contributed by atoms with Crippen LogP contribution in [0, 0.1) is 17.2 Å². The van der Waals surface area contributed by atoms with E-state index < -0.39 is 11.6 Å². The van der Waals surface area contributed by atoms with Gasteiger partial charge in [0.1, 0.15) is 11.6 Å². The quantitative estimate of drug-likeness (QED) is 0.625. The van der Waals surface area contributed by atoms with Crippen LogP contribution in [0.15, 0.2) is 60.7 Å². The SMILES string of the molecule is N#CC1(NC(=O)C(CC2CCCCC2)NC(=O)c2ccccc2)CCN(Cc2ccccc2)C1. The Balaban J connectivity index is 1.43. The number of hydrogen-bond donors (Lipinski definition) is 2. The van der Waals surface area contributed by atoms with Crippen LogP contribution >= 0.6 is 0 Å². The Hall–Kier alpha value is -3.17. The van der Waals surface area contributed by atoms with E-state index in [4.69, 9.17) is 0 Å². The van der Waals surface area contributed by atoms with E-state index in [0.29, 0.717) is 30.9 Å². The summed E-state index contributed by atoms with van der Waals surface area (Å²) in [5, 5.41) is 16.1. The number of carbonyl (C=O) groups excluding carboxylic acids is 2. The molecule has 2 N–H and O–H groups in total. The van der Waals surface area contributed by atoms with Crippen molar-refractivity contribution in [2.75, 3.05) is 13.1 Å². The zero-order valence-electron chi connectivity index (χ0n) is 19.7. The molecule has 2 amide bonds. The number of hydrogen-bond acceptors (Lipinski definition) is 4. The second kappa shape index (κ2) is 11.3. The maximum Gasteiger partial charge on any atom is 0.251 e. The van der Waals surface area contributed by atoms with Crippen molar-refractivity contribution in [1.82, 2.24) is 15.5 Å². The molecule has 0 aromatic heterocycles. The Morgan fingerprint density at radius 1 is 1.03 bits per heavy atom. The minimum Gasteiger partial charge on any atom is -0.340 e. The third-order valence-electron chi connectivity index (χ3n) is 7.13. The van der Waals surface area contributed by atoms with Crippen molar-refractivity contribution >= 4 is 11.8 Å². The maximum atomic E-state index is 13.5. The van der Waals surface area contributed by atoms with Gasteiger partial charge < -0.3 is 10.6 Å². The van der Waals surface area contributed by atoms with Gasteiger partial charge in [-0.3, -0.25) is 14.5 Å². The lowest BCUT2D eigenvalue weighted by Gasteiger charge is -2.30. The summed E-state index contributed by atoms with van der Waals surface area (Å²) in [6.45, 7) is 1.97. The molecule has 6 heteroatoms. The highest BCUT2D eigenvalue weighted by molar-refractivity contribution is 5.97. The van der Waals surface area contributed by atoms with Crippen LogP contribution in [0.5, 0.6) is 0 Å². The van der Waals surface area contributed by atoms with Gasteiger partial charge in [0.05, 0.1) is 6.07 Å². The van der Waals surface area contributed by atoms with E-state index in [2.05, 4.69) is 33.7 Å². The topological polar surface area (TPSA) is 85.2 Å². The van der Waals surface area contributed by atoms with Crippen LogP contribution in [-0.2, 0) is 11.3 Å². The van der Waals surface area contributed by atoms with E-state index >= 15 is 0 Å². The second-order valence-corrected chi connectivity index (χ2v) is 9.76. The molecule has 0 radical (unpaired) electrons. The van der Waals surface area contributed by atoms with E-state index in [1.165, 1.54) is 24.8 Å². The summed E-state index contributed by atoms with van der Waals surface area (Å²) >= 11 is 0. The number of nitrogens with zero attached hydrogens (tertiary/aromatic N) is 2. The first-order valence-corrected chi connectivity index (χ1v) is 12.4. The van der Waals surface area contributed by atoms with Crippen molar-refractivity contribution in [3.05, 3.63) is 71.8 Å². The molecule has 34 heavy (non-hydrogen) atoms. The first-order valence-electron chi connectivity index (χ1n) is 12.4. The largest absolute Gasteiger partial charge is 0.340 e. The molecule has 2 fully saturated rings. The fraction of sp³-hybridized carbons (Fsp3) is 0.464. The number of nitrogens with one attached hydrogen (secondary N) is 2. The molecular formula is C28H34N4O2. The van der Waals surface area contributed by atoms with Crippen molar-refractivity contribution in [1.29, 1.82) is 5.26 Å². The van der Waals surface area contributed by atoms with Crippen LogP contribution < -0.4 is 10.6 Å². The maximum absolute atomic E-state index is 13.5. The van der Waals surface area contributed by atoms with Gasteiger partial charge in [-0.2, -0.15) is 5.26 Å². The summed E-state index contributed by atoms with van der Waals surface area (Å²) in [6.07, 6.45) is 6.92. The van der Waals surface area contributed by atoms with Gasteiger partial charge in [-0.1, -0.05) is 80.6 Å². The number of likely N-dealkylation sites (tertiary alicyclic amines) is 1. The van der Waals surface area contributed by atoms with E-state index in [1.807, 2.05) is 36.4 Å². The fourth-order valence-electron chi connectivity index (χ4n) is 5.23. The van der Waals surface area contributed by atoms with Gasteiger partial charge in [0.15, 0.2) is 0 Å². The van der Waals surface area contributed by atoms with Gasteiger partial charge in [0, 0.05) is 25.2 Å². The summed E-state index contributed by atoms with van der Waals surface area (Å²) in [6, 6.07) is 20.9. The van der Waals surface area contributed by atoms with Crippen LogP contribution in [0.3, 0.4) is 0 Å². The van der Waals surface area contributed by atoms with Crippen molar-refractivity contribution in [3.63, 3.8) is 0 Å². The first-order chi connectivity index (χ1) is 16.6. The van der Waals surface area contributed by atoms with Crippen LogP contribution in [0.1, 0.15) is 60.9 Å². The van der Waals surface area contributed by atoms with Crippen LogP contribution in [-0.4, -0.2) is 41.4 Å². The first kappa shape index (κ1) is 24.0. The smallest absolute Gasteiger partial charge is 0.251 e. The lowest BCUT2D eigenvalue weighted by molar-refractivity contribution is -0.124. The van der Waals surface area contributed by atoms with Crippen molar-refractivity contribution in [2.45, 2.75) is 63.1 Å². The Kier molecular flexibility index (Phi) is 7.97. The Morgan fingerprint density at radius 2 is 1.71 bits per heavy atom. The minimum atomic E-state index is -0.936. The molecule has 1 saturated heterocycles. The summed E-state index contributed by atoms with van der Waals surface area (Å²) in [4.78, 5) is 28.6. The summed E-state index contributed by atoms with van der Waals surface area (Å²) in [5.74, 6) is -0.0885. The van der Waals surface area contributed by atoms with Gasteiger partial charge in [-0.25, -0.2) is 0 Å². The van der Waals surface area contributed by atoms with E-state index in [-0.39, 0.29) is 11.8 Å². The number of rotatable bonds is 8. The predicted octanol–water partition coefficient (Wildman–Crippen LogP) is 4.04. The molecule has 1 heterocycles. The van der Waals surface area contributed by atoms with Crippen molar-refractivity contribution < 1.29 is 9.59 Å². The predicted molar refractivity (Wildman–Crippen MR) is 132 cm³/mol. The zero-order chi connectivity index (χ0) is 23.8. The summed E-state index contributed by atoms with van der Waals surface area (Å²) in [5.41, 5.74) is 0.787. The van der Waals surface area contributed by atoms with Crippen LogP contribution in [0.4, 0.5) is 0 Å². The lowest BCUT2D eigenvalue weighted by Crippen LogP contribution is -2.56. The van der Waals surface area contributed by atoms with E-state index in [1.54, 1.807) is 12.1 Å². The van der Waals surface area contributed by atoms with Gasteiger partial charge in [0.25, 0.3) is 5.91 Å². The number of nitriles is 1. The average Bonchev–Trinajstić information content (AvgIpc) is 3.28. The molecule has 2 aromatic rings. The van der Waals surface area contributed by atoms with Crippen molar-refractivity contribution in [2.24, 2.45) is 5.92 Å². The molecule has 6 nitrogen and oxygen atoms in total. The monoisotopic (exact) mass is 458 g/mol. The van der Waals surface area contributed by atoms with E-state index in [9.17, 15) is 14.9 Å². The zero-order valence-corrected chi connectivity index (χ0v) is 19.7. The molecular weight excluding hydrogens is 424 g/mol. The fourth-order valence-corrected chi connectivity index (χ4v) is 5.23. The standard InChI is InChI=1S/C28H34N4O2/c29-20-28(16-17-32(21-28)19-23-12-6-2-7-13-23)31-27(34)25(18-22-10-4-1-5-11-22)30-26(33)24-14-8-3-9-15-24/h2-3,6-9,12-15,22,25H,1,4-5,10-11,16-19,21H2,(H,30,33)(H,31,34). The number of carbonyl (C=O) groups is 2. The third-order valence-corrected chi connectivity index (χ3v) is 7.13. The molecule has 4 rings (SSSR count). The Morgan fingerprint density at radius 3 is 2.38 bits per heavy atom. The van der Waals surface area contributed by atoms with E-state index in [0.717, 1.165) is 25.9 Å². The van der Waals surface area contributed by atoms with Gasteiger partial charge in [-0.05, 0) is 36.5 Å². The third kappa shape index (κ3) is 6.24. The molecule has 1 aliphatic carbocycles. The van der Waals surface area contributed by atoms with Crippen LogP contribution in [0.2, 0.25) is 0 Å². The summed E-state index contributed by atoms with van der Waals surface area (Å²) < 4.78 is 0. The molecule has 2 aliphatic rings. The molecule has 178 valence electrons. The minimum absolute atomic E-state index is 0.250. The molecule has 1 saturated carbocycles. The molecule has 2 atom stereocenters. The molecule has 0 bridgehead atoms. The number of amides is 2. The lowest BCUT2D eigenvalue weighted by atomic mass is 9.84. The average molecular weight is 459 g/mol. The Labute approximate surface area is 202 Å². The second-order valence-electron chi connectivity index (χ2n) is 9.76. The normalized spacial score (nSPS) is 22.0. The highest BCUT2D eigenvalue weighted by atomic mass is 16.2.